The van der Waals surface area contributed by atoms with Crippen LogP contribution in [0, 0.1) is 0 Å². The number of carbonyl (C=O) groups is 2. The zero-order valence-corrected chi connectivity index (χ0v) is 37.4. The molecule has 0 bridgehead atoms. The second-order valence-electron chi connectivity index (χ2n) is 15.5. The van der Waals surface area contributed by atoms with Crippen LogP contribution in [0.25, 0.3) is 0 Å². The van der Waals surface area contributed by atoms with Gasteiger partial charge in [-0.3, -0.25) is 18.6 Å². The van der Waals surface area contributed by atoms with Gasteiger partial charge in [0.05, 0.1) is 6.61 Å². The van der Waals surface area contributed by atoms with E-state index in [1.807, 2.05) is 12.2 Å². The summed E-state index contributed by atoms with van der Waals surface area (Å²) in [5.41, 5.74) is 0. The van der Waals surface area contributed by atoms with Crippen LogP contribution in [-0.4, -0.2) is 98.3 Å². The predicted octanol–water partition coefficient (Wildman–Crippen LogP) is 8.55. The minimum absolute atomic E-state index is 0.0175. The highest BCUT2D eigenvalue weighted by Crippen LogP contribution is 2.47. The second kappa shape index (κ2) is 36.1. The Bertz CT molecular complexity index is 1280. The molecule has 6 N–H and O–H groups in total. The summed E-state index contributed by atoms with van der Waals surface area (Å²) in [6.07, 6.45) is 29.9. The molecule has 1 fully saturated rings. The van der Waals surface area contributed by atoms with Crippen molar-refractivity contribution in [2.45, 2.75) is 204 Å². The van der Waals surface area contributed by atoms with Gasteiger partial charge in [0.2, 0.25) is 0 Å². The van der Waals surface area contributed by atoms with Crippen LogP contribution in [-0.2, 0) is 32.7 Å². The Hall–Kier alpha value is -2.45. The lowest BCUT2D eigenvalue weighted by Crippen LogP contribution is -2.64. The Morgan fingerprint density at radius 2 is 0.917 bits per heavy atom. The molecule has 60 heavy (non-hydrogen) atoms. The normalized spacial score (nSPS) is 22.7. The van der Waals surface area contributed by atoms with E-state index in [2.05, 4.69) is 62.5 Å². The topological polar surface area (TPSA) is 210 Å². The van der Waals surface area contributed by atoms with Gasteiger partial charge in [-0.2, -0.15) is 0 Å². The molecule has 0 amide bonds. The van der Waals surface area contributed by atoms with Crippen molar-refractivity contribution in [1.29, 1.82) is 0 Å². The zero-order valence-electron chi connectivity index (χ0n) is 36.5. The molecule has 0 aromatic heterocycles. The van der Waals surface area contributed by atoms with Crippen molar-refractivity contribution in [1.82, 2.24) is 0 Å². The Labute approximate surface area is 360 Å². The molecule has 0 aromatic rings. The van der Waals surface area contributed by atoms with Crippen molar-refractivity contribution in [2.24, 2.45) is 0 Å². The molecule has 3 unspecified atom stereocenters. The minimum Gasteiger partial charge on any atom is -0.462 e. The molecule has 1 aliphatic carbocycles. The van der Waals surface area contributed by atoms with Gasteiger partial charge in [-0.1, -0.05) is 132 Å². The van der Waals surface area contributed by atoms with Crippen molar-refractivity contribution < 1.29 is 63.1 Å². The summed E-state index contributed by atoms with van der Waals surface area (Å²) in [6, 6.07) is 0. The van der Waals surface area contributed by atoms with Gasteiger partial charge in [-0.15, -0.1) is 0 Å². The van der Waals surface area contributed by atoms with Crippen LogP contribution in [0.2, 0.25) is 0 Å². The van der Waals surface area contributed by atoms with Crippen LogP contribution in [0.5, 0.6) is 0 Å². The average molecular weight is 871 g/mol. The van der Waals surface area contributed by atoms with Gasteiger partial charge >= 0.3 is 19.8 Å². The molecular weight excluding hydrogens is 791 g/mol. The van der Waals surface area contributed by atoms with E-state index in [-0.39, 0.29) is 12.8 Å². The second-order valence-corrected chi connectivity index (χ2v) is 16.9. The fourth-order valence-corrected chi connectivity index (χ4v) is 7.36. The fourth-order valence-electron chi connectivity index (χ4n) is 6.39. The number of hydrogen-bond acceptors (Lipinski definition) is 12. The summed E-state index contributed by atoms with van der Waals surface area (Å²) >= 11 is 0. The quantitative estimate of drug-likeness (QED) is 0.0151. The lowest BCUT2D eigenvalue weighted by Gasteiger charge is -2.41. The van der Waals surface area contributed by atoms with Gasteiger partial charge < -0.3 is 39.9 Å². The van der Waals surface area contributed by atoms with E-state index < -0.39 is 75.7 Å². The standard InChI is InChI=1S/C46H79O13P/c1-3-5-7-9-11-13-15-17-19-20-21-23-25-27-29-31-33-35-40(48)58-38(37-57-60(54,55)59-46-44(52)42(50)41(49)43(51)45(46)53)36-56-39(47)34-32-30-28-26-24-22-18-16-14-12-10-8-6-4-2/h11,13-14,16-17,19,21,23,27,29,38,41-46,49-53H,3-10,12,15,18,20,22,24-26,28,30-37H2,1-2H3,(H,54,55)/b13-11-,16-14-,19-17-,23-21-,29-27-/t38-,41?,42-,43+,44-,45-,46?/m1/s1. The van der Waals surface area contributed by atoms with E-state index in [0.717, 1.165) is 70.6 Å². The Balaban J connectivity index is 2.53. The van der Waals surface area contributed by atoms with Crippen LogP contribution in [0.1, 0.15) is 162 Å². The molecule has 1 saturated carbocycles. The van der Waals surface area contributed by atoms with Crippen molar-refractivity contribution >= 4 is 19.8 Å². The summed E-state index contributed by atoms with van der Waals surface area (Å²) in [6.45, 7) is 3.19. The molecule has 346 valence electrons. The van der Waals surface area contributed by atoms with E-state index in [9.17, 15) is 44.6 Å². The number of rotatable bonds is 36. The lowest BCUT2D eigenvalue weighted by molar-refractivity contribution is -0.220. The van der Waals surface area contributed by atoms with Crippen LogP contribution < -0.4 is 0 Å². The van der Waals surface area contributed by atoms with Crippen molar-refractivity contribution in [2.75, 3.05) is 13.2 Å². The maximum Gasteiger partial charge on any atom is 0.472 e. The minimum atomic E-state index is -5.13. The molecular formula is C46H79O13P. The first kappa shape index (κ1) is 55.6. The number of phosphoric ester groups is 1. The van der Waals surface area contributed by atoms with Gasteiger partial charge in [0.25, 0.3) is 0 Å². The first-order chi connectivity index (χ1) is 28.9. The van der Waals surface area contributed by atoms with Crippen LogP contribution in [0.15, 0.2) is 60.8 Å². The number of allylic oxidation sites excluding steroid dienone is 10. The maximum absolute atomic E-state index is 12.8. The van der Waals surface area contributed by atoms with Gasteiger partial charge in [0, 0.05) is 12.8 Å². The highest BCUT2D eigenvalue weighted by atomic mass is 31.2. The van der Waals surface area contributed by atoms with Crippen molar-refractivity contribution in [3.63, 3.8) is 0 Å². The number of aliphatic hydroxyl groups is 5. The number of aliphatic hydroxyl groups excluding tert-OH is 5. The summed E-state index contributed by atoms with van der Waals surface area (Å²) in [4.78, 5) is 35.6. The monoisotopic (exact) mass is 871 g/mol. The summed E-state index contributed by atoms with van der Waals surface area (Å²) in [5.74, 6) is -1.18. The summed E-state index contributed by atoms with van der Waals surface area (Å²) in [7, 11) is -5.13. The summed E-state index contributed by atoms with van der Waals surface area (Å²) < 4.78 is 33.4. The molecule has 1 rings (SSSR count). The lowest BCUT2D eigenvalue weighted by atomic mass is 9.85. The largest absolute Gasteiger partial charge is 0.472 e. The molecule has 0 spiro atoms. The van der Waals surface area contributed by atoms with Gasteiger partial charge in [0.15, 0.2) is 6.10 Å². The third-order valence-corrected chi connectivity index (χ3v) is 11.1. The molecule has 0 aliphatic heterocycles. The maximum atomic E-state index is 12.8. The van der Waals surface area contributed by atoms with Crippen LogP contribution in [0.4, 0.5) is 0 Å². The Morgan fingerprint density at radius 3 is 1.47 bits per heavy atom. The summed E-state index contributed by atoms with van der Waals surface area (Å²) in [5, 5.41) is 50.1. The molecule has 0 radical (unpaired) electrons. The number of carbonyl (C=O) groups excluding carboxylic acids is 2. The number of ether oxygens (including phenoxy) is 2. The fraction of sp³-hybridized carbons (Fsp3) is 0.739. The Morgan fingerprint density at radius 1 is 0.517 bits per heavy atom. The molecule has 8 atom stereocenters. The highest BCUT2D eigenvalue weighted by Gasteiger charge is 2.51. The number of esters is 2. The predicted molar refractivity (Wildman–Crippen MR) is 235 cm³/mol. The molecule has 14 heteroatoms. The SMILES string of the molecule is CCCCC/C=C\C/C=C\C/C=C\C/C=C\CCCC(=O)O[C@H](COC(=O)CCCCCCCC/C=C\CCCCCC)COP(=O)(O)OC1[C@H](O)[C@H](O)C(O)[C@H](O)[C@H]1O. The van der Waals surface area contributed by atoms with E-state index in [4.69, 9.17) is 18.5 Å². The Kier molecular flexibility index (Phi) is 33.4. The van der Waals surface area contributed by atoms with E-state index in [1.54, 1.807) is 0 Å². The smallest absolute Gasteiger partial charge is 0.462 e. The van der Waals surface area contributed by atoms with E-state index in [0.29, 0.717) is 19.3 Å². The first-order valence-electron chi connectivity index (χ1n) is 22.6. The molecule has 13 nitrogen and oxygen atoms in total. The number of hydrogen-bond donors (Lipinski definition) is 6. The zero-order chi connectivity index (χ0) is 44.3. The third-order valence-electron chi connectivity index (χ3n) is 10.1. The van der Waals surface area contributed by atoms with Crippen LogP contribution >= 0.6 is 7.82 Å². The van der Waals surface area contributed by atoms with E-state index >= 15 is 0 Å². The third kappa shape index (κ3) is 28.2. The van der Waals surface area contributed by atoms with Gasteiger partial charge in [-0.05, 0) is 77.0 Å². The molecule has 0 saturated heterocycles. The average Bonchev–Trinajstić information content (AvgIpc) is 3.23. The van der Waals surface area contributed by atoms with Gasteiger partial charge in [0.1, 0.15) is 43.2 Å². The van der Waals surface area contributed by atoms with E-state index in [1.165, 1.54) is 44.9 Å². The highest BCUT2D eigenvalue weighted by molar-refractivity contribution is 7.47. The van der Waals surface area contributed by atoms with Crippen molar-refractivity contribution in [3.05, 3.63) is 60.8 Å². The van der Waals surface area contributed by atoms with Crippen molar-refractivity contribution in [3.8, 4) is 0 Å². The molecule has 0 aromatic carbocycles. The number of unbranched alkanes of at least 4 members (excludes halogenated alkanes) is 14. The molecule has 1 aliphatic rings. The molecule has 0 heterocycles. The van der Waals surface area contributed by atoms with Crippen LogP contribution in [0.3, 0.4) is 0 Å². The first-order valence-corrected chi connectivity index (χ1v) is 24.1. The van der Waals surface area contributed by atoms with Gasteiger partial charge in [-0.25, -0.2) is 4.57 Å². The number of phosphoric acid groups is 1.